The molecule has 2 unspecified atom stereocenters. The number of rotatable bonds is 4. The first kappa shape index (κ1) is 11.0. The third-order valence-corrected chi connectivity index (χ3v) is 4.03. The Labute approximate surface area is 95.7 Å². The van der Waals surface area contributed by atoms with Crippen molar-refractivity contribution in [3.05, 3.63) is 18.2 Å². The van der Waals surface area contributed by atoms with Gasteiger partial charge in [-0.2, -0.15) is 11.8 Å². The highest BCUT2D eigenvalue weighted by atomic mass is 32.2. The number of thioether (sulfide) groups is 1. The maximum atomic E-state index is 4.28. The maximum Gasteiger partial charge on any atom is 0.0948 e. The molecule has 2 rings (SSSR count). The molecule has 1 aromatic heterocycles. The Morgan fingerprint density at radius 2 is 2.60 bits per heavy atom. The monoisotopic (exact) mass is 225 g/mol. The minimum absolute atomic E-state index is 0.660. The van der Waals surface area contributed by atoms with Crippen molar-refractivity contribution in [2.24, 2.45) is 0 Å². The van der Waals surface area contributed by atoms with Crippen LogP contribution in [0.5, 0.6) is 0 Å². The molecule has 0 aromatic carbocycles. The Morgan fingerprint density at radius 1 is 1.73 bits per heavy atom. The quantitative estimate of drug-likeness (QED) is 0.846. The summed E-state index contributed by atoms with van der Waals surface area (Å²) in [5.74, 6) is 0.668. The predicted molar refractivity (Wildman–Crippen MR) is 65.4 cm³/mol. The number of imidazole rings is 1. The predicted octanol–water partition coefficient (Wildman–Crippen LogP) is 1.71. The van der Waals surface area contributed by atoms with E-state index in [0.717, 1.165) is 19.6 Å². The summed E-state index contributed by atoms with van der Waals surface area (Å²) in [7, 11) is 0. The minimum atomic E-state index is 0.660. The van der Waals surface area contributed by atoms with Crippen LogP contribution in [0.2, 0.25) is 0 Å². The molecule has 2 atom stereocenters. The lowest BCUT2D eigenvalue weighted by molar-refractivity contribution is 0.611. The fourth-order valence-electron chi connectivity index (χ4n) is 2.08. The summed E-state index contributed by atoms with van der Waals surface area (Å²) in [5, 5.41) is 4.07. The molecule has 0 bridgehead atoms. The van der Waals surface area contributed by atoms with E-state index in [9.17, 15) is 0 Å². The van der Waals surface area contributed by atoms with Crippen LogP contribution in [0.4, 0.5) is 0 Å². The van der Waals surface area contributed by atoms with Gasteiger partial charge in [0.15, 0.2) is 0 Å². The van der Waals surface area contributed by atoms with E-state index in [2.05, 4.69) is 28.0 Å². The molecule has 1 fully saturated rings. The van der Waals surface area contributed by atoms with E-state index in [1.165, 1.54) is 12.1 Å². The van der Waals surface area contributed by atoms with Gasteiger partial charge in [0.2, 0.25) is 0 Å². The molecule has 1 N–H and O–H groups in total. The highest BCUT2D eigenvalue weighted by Crippen LogP contribution is 2.22. The van der Waals surface area contributed by atoms with Crippen molar-refractivity contribution in [2.45, 2.75) is 31.1 Å². The Hall–Kier alpha value is -0.480. The lowest BCUT2D eigenvalue weighted by Gasteiger charge is -2.15. The van der Waals surface area contributed by atoms with Crippen LogP contribution in [0.25, 0.3) is 0 Å². The first-order chi connectivity index (χ1) is 7.31. The summed E-state index contributed by atoms with van der Waals surface area (Å²) in [6, 6.07) is 0. The number of nitrogens with one attached hydrogen (secondary N) is 1. The molecule has 0 aliphatic carbocycles. The molecule has 0 saturated carbocycles. The van der Waals surface area contributed by atoms with Gasteiger partial charge in [-0.15, -0.1) is 0 Å². The van der Waals surface area contributed by atoms with Gasteiger partial charge in [-0.05, 0) is 19.2 Å². The highest BCUT2D eigenvalue weighted by Gasteiger charge is 2.20. The van der Waals surface area contributed by atoms with Crippen molar-refractivity contribution in [3.8, 4) is 0 Å². The molecule has 0 amide bonds. The Morgan fingerprint density at radius 3 is 3.27 bits per heavy atom. The standard InChI is InChI=1S/C11H19N3S/c1-9(15-2)7-14-8-13-6-11(14)10-3-4-12-5-10/h6,8-10,12H,3-5,7H2,1-2H3. The van der Waals surface area contributed by atoms with E-state index in [1.807, 2.05) is 24.3 Å². The molecule has 1 aliphatic rings. The van der Waals surface area contributed by atoms with Gasteiger partial charge in [0, 0.05) is 36.1 Å². The summed E-state index contributed by atoms with van der Waals surface area (Å²) in [4.78, 5) is 4.28. The van der Waals surface area contributed by atoms with Gasteiger partial charge >= 0.3 is 0 Å². The SMILES string of the molecule is CSC(C)Cn1cncc1C1CCNC1. The zero-order valence-electron chi connectivity index (χ0n) is 9.44. The van der Waals surface area contributed by atoms with Gasteiger partial charge in [-0.3, -0.25) is 0 Å². The van der Waals surface area contributed by atoms with Crippen molar-refractivity contribution < 1.29 is 0 Å². The molecule has 1 saturated heterocycles. The minimum Gasteiger partial charge on any atom is -0.333 e. The smallest absolute Gasteiger partial charge is 0.0948 e. The van der Waals surface area contributed by atoms with Crippen molar-refractivity contribution in [1.82, 2.24) is 14.9 Å². The number of hydrogen-bond acceptors (Lipinski definition) is 3. The summed E-state index contributed by atoms with van der Waals surface area (Å²) in [6.45, 7) is 5.60. The molecule has 0 radical (unpaired) electrons. The summed E-state index contributed by atoms with van der Waals surface area (Å²) >= 11 is 1.91. The molecule has 3 nitrogen and oxygen atoms in total. The lowest BCUT2D eigenvalue weighted by Crippen LogP contribution is -2.15. The van der Waals surface area contributed by atoms with Crippen LogP contribution in [0.3, 0.4) is 0 Å². The van der Waals surface area contributed by atoms with Crippen molar-refractivity contribution in [1.29, 1.82) is 0 Å². The largest absolute Gasteiger partial charge is 0.333 e. The van der Waals surface area contributed by atoms with Gasteiger partial charge in [-0.1, -0.05) is 6.92 Å². The topological polar surface area (TPSA) is 29.9 Å². The number of nitrogens with zero attached hydrogens (tertiary/aromatic N) is 2. The van der Waals surface area contributed by atoms with E-state index in [1.54, 1.807) is 0 Å². The van der Waals surface area contributed by atoms with Crippen LogP contribution < -0.4 is 5.32 Å². The van der Waals surface area contributed by atoms with Crippen molar-refractivity contribution in [3.63, 3.8) is 0 Å². The second-order valence-electron chi connectivity index (χ2n) is 4.21. The van der Waals surface area contributed by atoms with Gasteiger partial charge in [0.1, 0.15) is 0 Å². The average Bonchev–Trinajstić information content (AvgIpc) is 2.86. The van der Waals surface area contributed by atoms with E-state index in [4.69, 9.17) is 0 Å². The molecule has 0 spiro atoms. The highest BCUT2D eigenvalue weighted by molar-refractivity contribution is 7.99. The molecule has 1 aliphatic heterocycles. The Bertz CT molecular complexity index is 305. The van der Waals surface area contributed by atoms with Gasteiger partial charge < -0.3 is 9.88 Å². The Kier molecular flexibility index (Phi) is 3.70. The Balaban J connectivity index is 2.07. The molecule has 15 heavy (non-hydrogen) atoms. The second kappa shape index (κ2) is 5.03. The van der Waals surface area contributed by atoms with Crippen molar-refractivity contribution in [2.75, 3.05) is 19.3 Å². The van der Waals surface area contributed by atoms with E-state index < -0.39 is 0 Å². The zero-order chi connectivity index (χ0) is 10.7. The third-order valence-electron chi connectivity index (χ3n) is 3.08. The molecule has 4 heteroatoms. The van der Waals surface area contributed by atoms with Gasteiger partial charge in [0.25, 0.3) is 0 Å². The first-order valence-corrected chi connectivity index (χ1v) is 6.83. The summed E-state index contributed by atoms with van der Waals surface area (Å²) in [5.41, 5.74) is 1.40. The average molecular weight is 225 g/mol. The summed E-state index contributed by atoms with van der Waals surface area (Å²) < 4.78 is 2.32. The van der Waals surface area contributed by atoms with Gasteiger partial charge in [0.05, 0.1) is 6.33 Å². The van der Waals surface area contributed by atoms with Crippen LogP contribution >= 0.6 is 11.8 Å². The summed E-state index contributed by atoms with van der Waals surface area (Å²) in [6.07, 6.45) is 7.42. The number of hydrogen-bond donors (Lipinski definition) is 1. The fourth-order valence-corrected chi connectivity index (χ4v) is 2.39. The van der Waals surface area contributed by atoms with Crippen molar-refractivity contribution >= 4 is 11.8 Å². The molecular formula is C11H19N3S. The maximum absolute atomic E-state index is 4.28. The molecule has 1 aromatic rings. The zero-order valence-corrected chi connectivity index (χ0v) is 10.3. The van der Waals surface area contributed by atoms with Crippen LogP contribution in [-0.4, -0.2) is 34.1 Å². The normalized spacial score (nSPS) is 23.2. The van der Waals surface area contributed by atoms with Crippen LogP contribution in [0.15, 0.2) is 12.5 Å². The molecule has 2 heterocycles. The first-order valence-electron chi connectivity index (χ1n) is 5.54. The van der Waals surface area contributed by atoms with E-state index in [-0.39, 0.29) is 0 Å². The van der Waals surface area contributed by atoms with Crippen LogP contribution in [-0.2, 0) is 6.54 Å². The van der Waals surface area contributed by atoms with Crippen LogP contribution in [0, 0.1) is 0 Å². The van der Waals surface area contributed by atoms with Gasteiger partial charge in [-0.25, -0.2) is 4.98 Å². The van der Waals surface area contributed by atoms with E-state index >= 15 is 0 Å². The van der Waals surface area contributed by atoms with Crippen LogP contribution in [0.1, 0.15) is 25.0 Å². The molecule has 84 valence electrons. The third kappa shape index (κ3) is 2.55. The lowest BCUT2D eigenvalue weighted by atomic mass is 10.1. The van der Waals surface area contributed by atoms with E-state index in [0.29, 0.717) is 11.2 Å². The fraction of sp³-hybridized carbons (Fsp3) is 0.727. The molecular weight excluding hydrogens is 206 g/mol. The number of aromatic nitrogens is 2. The second-order valence-corrected chi connectivity index (χ2v) is 5.48.